The molecule has 0 bridgehead atoms. The molecule has 0 fully saturated rings. The molecule has 7 nitrogen and oxygen atoms in total. The van der Waals surface area contributed by atoms with E-state index in [0.29, 0.717) is 11.4 Å². The number of hydrogen-bond acceptors (Lipinski definition) is 6. The van der Waals surface area contributed by atoms with Crippen LogP contribution in [0.4, 0.5) is 5.69 Å². The fourth-order valence-corrected chi connectivity index (χ4v) is 3.63. The third kappa shape index (κ3) is 4.25. The zero-order valence-corrected chi connectivity index (χ0v) is 17.0. The highest BCUT2D eigenvalue weighted by Crippen LogP contribution is 2.43. The number of ether oxygens (including phenoxy) is 2. The van der Waals surface area contributed by atoms with E-state index in [9.17, 15) is 14.4 Å². The van der Waals surface area contributed by atoms with Crippen molar-refractivity contribution in [3.8, 4) is 0 Å². The lowest BCUT2D eigenvalue weighted by Gasteiger charge is -2.29. The Bertz CT molecular complexity index is 921. The van der Waals surface area contributed by atoms with Crippen molar-refractivity contribution in [2.45, 2.75) is 25.7 Å². The zero-order valence-electron chi connectivity index (χ0n) is 17.0. The Morgan fingerprint density at radius 2 is 1.37 bits per heavy atom. The van der Waals surface area contributed by atoms with Crippen LogP contribution in [0.1, 0.15) is 31.2 Å². The highest BCUT2D eigenvalue weighted by atomic mass is 16.5. The van der Waals surface area contributed by atoms with Gasteiger partial charge in [0, 0.05) is 12.8 Å². The fraction of sp³-hybridized carbons (Fsp3) is 0.304. The van der Waals surface area contributed by atoms with E-state index in [2.05, 4.69) is 5.10 Å². The molecule has 0 saturated carbocycles. The van der Waals surface area contributed by atoms with Gasteiger partial charge in [-0.3, -0.25) is 14.4 Å². The number of para-hydroxylation sites is 1. The molecule has 1 amide bonds. The maximum absolute atomic E-state index is 13.7. The standard InChI is InChI=1S/C23H24N2O5/c1-29-19(26)13-15-23(16-14-20(27)30-2)21(17-9-5-3-6-10-17)24-25(22(23)28)18-11-7-4-8-12-18/h3-12H,13-16H2,1-2H3. The van der Waals surface area contributed by atoms with Gasteiger partial charge >= 0.3 is 11.9 Å². The summed E-state index contributed by atoms with van der Waals surface area (Å²) in [6.07, 6.45) is 0.398. The fourth-order valence-electron chi connectivity index (χ4n) is 3.63. The summed E-state index contributed by atoms with van der Waals surface area (Å²) in [5.41, 5.74) is 0.761. The van der Waals surface area contributed by atoms with Gasteiger partial charge in [0.05, 0.1) is 31.0 Å². The molecule has 0 unspecified atom stereocenters. The van der Waals surface area contributed by atoms with Gasteiger partial charge in [-0.2, -0.15) is 10.1 Å². The summed E-state index contributed by atoms with van der Waals surface area (Å²) < 4.78 is 9.59. The lowest BCUT2D eigenvalue weighted by molar-refractivity contribution is -0.141. The molecule has 0 spiro atoms. The van der Waals surface area contributed by atoms with Crippen LogP contribution >= 0.6 is 0 Å². The monoisotopic (exact) mass is 408 g/mol. The van der Waals surface area contributed by atoms with Gasteiger partial charge in [0.25, 0.3) is 5.91 Å². The minimum Gasteiger partial charge on any atom is -0.469 e. The first-order chi connectivity index (χ1) is 14.5. The maximum atomic E-state index is 13.7. The van der Waals surface area contributed by atoms with Gasteiger partial charge in [-0.1, -0.05) is 48.5 Å². The second-order valence-electron chi connectivity index (χ2n) is 7.00. The predicted molar refractivity (Wildman–Crippen MR) is 112 cm³/mol. The third-order valence-electron chi connectivity index (χ3n) is 5.27. The lowest BCUT2D eigenvalue weighted by Crippen LogP contribution is -2.41. The second-order valence-corrected chi connectivity index (χ2v) is 7.00. The number of hydrazone groups is 1. The Morgan fingerprint density at radius 1 is 0.867 bits per heavy atom. The summed E-state index contributed by atoms with van der Waals surface area (Å²) >= 11 is 0. The van der Waals surface area contributed by atoms with Crippen LogP contribution in [0.3, 0.4) is 0 Å². The summed E-state index contributed by atoms with van der Waals surface area (Å²) in [5.74, 6) is -1.13. The first kappa shape index (κ1) is 21.2. The SMILES string of the molecule is COC(=O)CCC1(CCC(=O)OC)C(=O)N(c2ccccc2)N=C1c1ccccc1. The highest BCUT2D eigenvalue weighted by Gasteiger charge is 2.51. The number of amides is 1. The molecule has 0 atom stereocenters. The molecule has 0 aliphatic carbocycles. The minimum atomic E-state index is -1.15. The number of benzene rings is 2. The van der Waals surface area contributed by atoms with Crippen LogP contribution in [-0.2, 0) is 23.9 Å². The number of methoxy groups -OCH3 is 2. The highest BCUT2D eigenvalue weighted by molar-refractivity contribution is 6.25. The van der Waals surface area contributed by atoms with Gasteiger partial charge < -0.3 is 9.47 Å². The number of esters is 2. The second kappa shape index (κ2) is 9.35. The van der Waals surface area contributed by atoms with Gasteiger partial charge in [0.15, 0.2) is 0 Å². The molecule has 0 N–H and O–H groups in total. The smallest absolute Gasteiger partial charge is 0.305 e. The van der Waals surface area contributed by atoms with Crippen molar-refractivity contribution in [3.63, 3.8) is 0 Å². The van der Waals surface area contributed by atoms with Crippen LogP contribution in [0.2, 0.25) is 0 Å². The zero-order chi connectivity index (χ0) is 21.6. The van der Waals surface area contributed by atoms with E-state index >= 15 is 0 Å². The van der Waals surface area contributed by atoms with Crippen molar-refractivity contribution >= 4 is 29.2 Å². The molecule has 30 heavy (non-hydrogen) atoms. The lowest BCUT2D eigenvalue weighted by atomic mass is 9.72. The molecule has 0 aromatic heterocycles. The van der Waals surface area contributed by atoms with Crippen molar-refractivity contribution in [3.05, 3.63) is 66.2 Å². The summed E-state index contributed by atoms with van der Waals surface area (Å²) in [5, 5.41) is 6.02. The number of nitrogens with zero attached hydrogens (tertiary/aromatic N) is 2. The van der Waals surface area contributed by atoms with Crippen LogP contribution in [0, 0.1) is 5.41 Å². The number of carbonyl (C=O) groups excluding carboxylic acids is 3. The number of rotatable bonds is 8. The van der Waals surface area contributed by atoms with Crippen LogP contribution in [0.5, 0.6) is 0 Å². The van der Waals surface area contributed by atoms with Gasteiger partial charge in [0.1, 0.15) is 0 Å². The largest absolute Gasteiger partial charge is 0.469 e. The molecule has 2 aromatic carbocycles. The Kier molecular flexibility index (Phi) is 6.61. The van der Waals surface area contributed by atoms with E-state index in [1.165, 1.54) is 19.2 Å². The molecule has 7 heteroatoms. The van der Waals surface area contributed by atoms with Crippen molar-refractivity contribution in [2.75, 3.05) is 19.2 Å². The van der Waals surface area contributed by atoms with E-state index in [-0.39, 0.29) is 31.6 Å². The normalized spacial score (nSPS) is 14.9. The summed E-state index contributed by atoms with van der Waals surface area (Å²) in [4.78, 5) is 37.6. The first-order valence-electron chi connectivity index (χ1n) is 9.69. The summed E-state index contributed by atoms with van der Waals surface area (Å²) in [7, 11) is 2.62. The molecule has 3 rings (SSSR count). The van der Waals surface area contributed by atoms with E-state index in [0.717, 1.165) is 5.56 Å². The molecular weight excluding hydrogens is 384 g/mol. The Morgan fingerprint density at radius 3 is 1.87 bits per heavy atom. The number of anilines is 1. The summed E-state index contributed by atoms with van der Waals surface area (Å²) in [6.45, 7) is 0. The Balaban J connectivity index is 2.09. The molecule has 2 aromatic rings. The van der Waals surface area contributed by atoms with Gasteiger partial charge in [0.2, 0.25) is 0 Å². The van der Waals surface area contributed by atoms with Crippen molar-refractivity contribution in [1.82, 2.24) is 0 Å². The van der Waals surface area contributed by atoms with Gasteiger partial charge in [-0.25, -0.2) is 0 Å². The topological polar surface area (TPSA) is 85.3 Å². The van der Waals surface area contributed by atoms with Crippen LogP contribution < -0.4 is 5.01 Å². The average molecular weight is 408 g/mol. The van der Waals surface area contributed by atoms with Crippen LogP contribution in [0.15, 0.2) is 65.8 Å². The maximum Gasteiger partial charge on any atom is 0.305 e. The van der Waals surface area contributed by atoms with E-state index in [1.54, 1.807) is 12.1 Å². The molecule has 1 aliphatic heterocycles. The van der Waals surface area contributed by atoms with Crippen molar-refractivity contribution < 1.29 is 23.9 Å². The van der Waals surface area contributed by atoms with E-state index in [4.69, 9.17) is 9.47 Å². The van der Waals surface area contributed by atoms with Gasteiger partial charge in [-0.05, 0) is 30.5 Å². The molecule has 1 aliphatic rings. The first-order valence-corrected chi connectivity index (χ1v) is 9.69. The van der Waals surface area contributed by atoms with E-state index < -0.39 is 17.4 Å². The molecule has 1 heterocycles. The van der Waals surface area contributed by atoms with Crippen LogP contribution in [-0.4, -0.2) is 37.8 Å². The van der Waals surface area contributed by atoms with Crippen molar-refractivity contribution in [1.29, 1.82) is 0 Å². The Labute approximate surface area is 175 Å². The third-order valence-corrected chi connectivity index (χ3v) is 5.27. The molecule has 156 valence electrons. The molecular formula is C23H24N2O5. The quantitative estimate of drug-likeness (QED) is 0.626. The summed E-state index contributed by atoms with van der Waals surface area (Å²) in [6, 6.07) is 18.4. The molecule has 0 radical (unpaired) electrons. The Hall–Kier alpha value is -3.48. The van der Waals surface area contributed by atoms with Gasteiger partial charge in [-0.15, -0.1) is 0 Å². The minimum absolute atomic E-state index is 0.0257. The van der Waals surface area contributed by atoms with E-state index in [1.807, 2.05) is 48.5 Å². The predicted octanol–water partition coefficient (Wildman–Crippen LogP) is 3.33. The number of hydrogen-bond donors (Lipinski definition) is 0. The number of carbonyl (C=O) groups is 3. The van der Waals surface area contributed by atoms with Crippen molar-refractivity contribution in [2.24, 2.45) is 10.5 Å². The average Bonchev–Trinajstić information content (AvgIpc) is 3.09. The van der Waals surface area contributed by atoms with Crippen LogP contribution in [0.25, 0.3) is 0 Å². The molecule has 0 saturated heterocycles.